The average Bonchev–Trinajstić information content (AvgIpc) is 2.67. The first-order valence-electron chi connectivity index (χ1n) is 5.62. The van der Waals surface area contributed by atoms with E-state index in [0.717, 1.165) is 13.3 Å². The lowest BCUT2D eigenvalue weighted by atomic mass is 10.3. The summed E-state index contributed by atoms with van der Waals surface area (Å²) in [6, 6.07) is -1.41. The van der Waals surface area contributed by atoms with Gasteiger partial charge in [0.1, 0.15) is 6.04 Å². The van der Waals surface area contributed by atoms with Crippen LogP contribution in [0.4, 0.5) is 0 Å². The molecule has 1 aliphatic heterocycles. The van der Waals surface area contributed by atoms with E-state index in [1.807, 2.05) is 0 Å². The van der Waals surface area contributed by atoms with Gasteiger partial charge in [-0.05, 0) is 12.8 Å². The molecule has 8 heteroatoms. The van der Waals surface area contributed by atoms with E-state index in [2.05, 4.69) is 5.32 Å². The zero-order chi connectivity index (χ0) is 13.8. The van der Waals surface area contributed by atoms with Crippen molar-refractivity contribution in [1.29, 1.82) is 0 Å². The quantitative estimate of drug-likeness (QED) is 0.656. The van der Waals surface area contributed by atoms with Crippen molar-refractivity contribution in [2.75, 3.05) is 18.1 Å². The van der Waals surface area contributed by atoms with Gasteiger partial charge in [-0.25, -0.2) is 13.2 Å². The molecule has 0 saturated carbocycles. The highest BCUT2D eigenvalue weighted by Gasteiger charge is 2.29. The van der Waals surface area contributed by atoms with Crippen molar-refractivity contribution in [3.8, 4) is 0 Å². The molecule has 0 aliphatic carbocycles. The Morgan fingerprint density at radius 3 is 2.61 bits per heavy atom. The summed E-state index contributed by atoms with van der Waals surface area (Å²) in [6.45, 7) is 1.68. The molecule has 1 amide bonds. The van der Waals surface area contributed by atoms with Crippen LogP contribution in [-0.2, 0) is 24.2 Å². The number of hydrogen-bond donors (Lipinski definition) is 2. The monoisotopic (exact) mass is 279 g/mol. The first-order chi connectivity index (χ1) is 8.30. The van der Waals surface area contributed by atoms with Crippen molar-refractivity contribution < 1.29 is 27.9 Å². The lowest BCUT2D eigenvalue weighted by molar-refractivity contribution is -0.140. The van der Waals surface area contributed by atoms with E-state index >= 15 is 0 Å². The van der Waals surface area contributed by atoms with Crippen LogP contribution in [0.1, 0.15) is 19.8 Å². The van der Waals surface area contributed by atoms with E-state index in [0.29, 0.717) is 13.0 Å². The number of hydrogen-bond acceptors (Lipinski definition) is 5. The summed E-state index contributed by atoms with van der Waals surface area (Å²) >= 11 is 0. The molecule has 0 aromatic rings. The molecule has 7 nitrogen and oxygen atoms in total. The molecule has 1 fully saturated rings. The Morgan fingerprint density at radius 2 is 2.17 bits per heavy atom. The van der Waals surface area contributed by atoms with Gasteiger partial charge < -0.3 is 15.2 Å². The molecule has 2 atom stereocenters. The van der Waals surface area contributed by atoms with E-state index in [1.54, 1.807) is 0 Å². The van der Waals surface area contributed by atoms with Gasteiger partial charge >= 0.3 is 5.97 Å². The smallest absolute Gasteiger partial charge is 0.327 e. The predicted octanol–water partition coefficient (Wildman–Crippen LogP) is -0.830. The van der Waals surface area contributed by atoms with Crippen LogP contribution in [-0.4, -0.2) is 55.7 Å². The highest BCUT2D eigenvalue weighted by molar-refractivity contribution is 7.91. The van der Waals surface area contributed by atoms with Crippen LogP contribution >= 0.6 is 0 Å². The molecule has 1 unspecified atom stereocenters. The van der Waals surface area contributed by atoms with Crippen LogP contribution in [0, 0.1) is 0 Å². The molecule has 0 bridgehead atoms. The predicted molar refractivity (Wildman–Crippen MR) is 62.9 cm³/mol. The Bertz CT molecular complexity index is 412. The summed E-state index contributed by atoms with van der Waals surface area (Å²) in [6.07, 6.45) is 1.12. The number of rotatable bonds is 6. The molecule has 18 heavy (non-hydrogen) atoms. The van der Waals surface area contributed by atoms with E-state index in [-0.39, 0.29) is 11.9 Å². The minimum Gasteiger partial charge on any atom is -0.480 e. The minimum atomic E-state index is -3.58. The Labute approximate surface area is 105 Å². The van der Waals surface area contributed by atoms with Gasteiger partial charge in [0.15, 0.2) is 9.84 Å². The SMILES string of the molecule is CC(=O)N[C@@H](CS(=O)(=O)CC1CCCO1)C(=O)O. The van der Waals surface area contributed by atoms with Gasteiger partial charge in [0.25, 0.3) is 0 Å². The van der Waals surface area contributed by atoms with Crippen LogP contribution < -0.4 is 5.32 Å². The molecular formula is C10H17NO6S. The summed E-state index contributed by atoms with van der Waals surface area (Å²) in [5.74, 6) is -2.74. The maximum atomic E-state index is 11.8. The zero-order valence-electron chi connectivity index (χ0n) is 10.1. The molecule has 1 aliphatic rings. The van der Waals surface area contributed by atoms with E-state index in [1.165, 1.54) is 0 Å². The topological polar surface area (TPSA) is 110 Å². The Morgan fingerprint density at radius 1 is 1.50 bits per heavy atom. The van der Waals surface area contributed by atoms with Gasteiger partial charge in [0.2, 0.25) is 5.91 Å². The van der Waals surface area contributed by atoms with Gasteiger partial charge in [-0.2, -0.15) is 0 Å². The number of aliphatic carboxylic acids is 1. The van der Waals surface area contributed by atoms with E-state index < -0.39 is 33.5 Å². The maximum absolute atomic E-state index is 11.8. The van der Waals surface area contributed by atoms with Gasteiger partial charge in [0, 0.05) is 13.5 Å². The fourth-order valence-electron chi connectivity index (χ4n) is 1.80. The molecule has 1 saturated heterocycles. The Kier molecular flexibility index (Phi) is 5.09. The number of carbonyl (C=O) groups excluding carboxylic acids is 1. The third kappa shape index (κ3) is 5.01. The van der Waals surface area contributed by atoms with Crippen LogP contribution in [0.5, 0.6) is 0 Å². The second-order valence-electron chi connectivity index (χ2n) is 4.30. The molecule has 0 radical (unpaired) electrons. The summed E-state index contributed by atoms with van der Waals surface area (Å²) < 4.78 is 28.8. The largest absolute Gasteiger partial charge is 0.480 e. The first kappa shape index (κ1) is 14.9. The number of carboxylic acids is 1. The fraction of sp³-hybridized carbons (Fsp3) is 0.800. The lowest BCUT2D eigenvalue weighted by Crippen LogP contribution is -2.45. The highest BCUT2D eigenvalue weighted by Crippen LogP contribution is 2.14. The number of sulfone groups is 1. The molecule has 0 aromatic carbocycles. The number of carbonyl (C=O) groups is 2. The summed E-state index contributed by atoms with van der Waals surface area (Å²) in [7, 11) is -3.58. The normalized spacial score (nSPS) is 21.5. The molecule has 1 heterocycles. The molecule has 0 spiro atoms. The Hall–Kier alpha value is -1.15. The number of amides is 1. The second kappa shape index (κ2) is 6.14. The molecule has 0 aromatic heterocycles. The number of ether oxygens (including phenoxy) is 1. The highest BCUT2D eigenvalue weighted by atomic mass is 32.2. The van der Waals surface area contributed by atoms with Crippen molar-refractivity contribution in [3.63, 3.8) is 0 Å². The van der Waals surface area contributed by atoms with Gasteiger partial charge in [-0.3, -0.25) is 4.79 Å². The van der Waals surface area contributed by atoms with E-state index in [4.69, 9.17) is 9.84 Å². The van der Waals surface area contributed by atoms with Gasteiger partial charge in [-0.1, -0.05) is 0 Å². The Balaban J connectivity index is 2.60. The van der Waals surface area contributed by atoms with Gasteiger partial charge in [0.05, 0.1) is 17.6 Å². The number of carboxylic acid groups (broad SMARTS) is 1. The van der Waals surface area contributed by atoms with Crippen molar-refractivity contribution in [2.24, 2.45) is 0 Å². The summed E-state index contributed by atoms with van der Waals surface area (Å²) in [5, 5.41) is 10.9. The molecule has 1 rings (SSSR count). The van der Waals surface area contributed by atoms with Crippen LogP contribution in [0.15, 0.2) is 0 Å². The van der Waals surface area contributed by atoms with Crippen LogP contribution in [0.25, 0.3) is 0 Å². The van der Waals surface area contributed by atoms with Crippen molar-refractivity contribution in [3.05, 3.63) is 0 Å². The zero-order valence-corrected chi connectivity index (χ0v) is 10.9. The van der Waals surface area contributed by atoms with Gasteiger partial charge in [-0.15, -0.1) is 0 Å². The second-order valence-corrected chi connectivity index (χ2v) is 6.46. The maximum Gasteiger partial charge on any atom is 0.327 e. The first-order valence-corrected chi connectivity index (χ1v) is 7.44. The molecule has 2 N–H and O–H groups in total. The standard InChI is InChI=1S/C10H17NO6S/c1-7(12)11-9(10(13)14)6-18(15,16)5-8-3-2-4-17-8/h8-9H,2-6H2,1H3,(H,11,12)(H,13,14)/t8?,9-/m0/s1. The summed E-state index contributed by atoms with van der Waals surface area (Å²) in [5.41, 5.74) is 0. The van der Waals surface area contributed by atoms with Crippen LogP contribution in [0.2, 0.25) is 0 Å². The van der Waals surface area contributed by atoms with Crippen molar-refractivity contribution in [2.45, 2.75) is 31.9 Å². The molecule has 104 valence electrons. The van der Waals surface area contributed by atoms with Crippen molar-refractivity contribution >= 4 is 21.7 Å². The average molecular weight is 279 g/mol. The summed E-state index contributed by atoms with van der Waals surface area (Å²) in [4.78, 5) is 21.6. The van der Waals surface area contributed by atoms with Crippen LogP contribution in [0.3, 0.4) is 0 Å². The lowest BCUT2D eigenvalue weighted by Gasteiger charge is -2.15. The third-order valence-corrected chi connectivity index (χ3v) is 4.28. The molecular weight excluding hydrogens is 262 g/mol. The van der Waals surface area contributed by atoms with E-state index in [9.17, 15) is 18.0 Å². The third-order valence-electron chi connectivity index (χ3n) is 2.56. The van der Waals surface area contributed by atoms with Crippen molar-refractivity contribution in [1.82, 2.24) is 5.32 Å². The number of nitrogens with one attached hydrogen (secondary N) is 1. The fourth-order valence-corrected chi connectivity index (χ4v) is 3.50. The minimum absolute atomic E-state index is 0.198.